The van der Waals surface area contributed by atoms with Crippen LogP contribution in [-0.4, -0.2) is 117 Å². The molecule has 1 unspecified atom stereocenters. The number of nitrogens with zero attached hydrogens (tertiary/aromatic N) is 4. The van der Waals surface area contributed by atoms with Gasteiger partial charge in [-0.1, -0.05) is 26.0 Å². The Bertz CT molecular complexity index is 2140. The SMILES string of the molecule is Cc1cnc(-c2cc(O[C@@H]3C[C@H]4C(=O)N[C@]5(C(=O)NS(=O)(=O)C6(C)CC6)C[C@H]5C=CCC[C@@H](C)C[C@@H](C)[C@H](N(C(=O)O)C5(C(F)(F)F)CCCOC5)C(=O)N4C3)ccn2)s1. The first-order chi connectivity index (χ1) is 28.2. The minimum absolute atomic E-state index is 0.0207. The fraction of sp³-hybridized carbons (Fsp3) is 0.650. The quantitative estimate of drug-likeness (QED) is 0.295. The number of sulfonamides is 1. The van der Waals surface area contributed by atoms with Crippen LogP contribution in [0.25, 0.3) is 10.7 Å². The van der Waals surface area contributed by atoms with E-state index >= 15 is 18.0 Å². The number of allylic oxidation sites excluding steroid dienone is 1. The number of aromatic nitrogens is 2. The monoisotopic (exact) mass is 880 g/mol. The molecule has 2 aromatic heterocycles. The van der Waals surface area contributed by atoms with Crippen LogP contribution >= 0.6 is 11.3 Å². The molecule has 4 amide bonds. The van der Waals surface area contributed by atoms with Gasteiger partial charge in [-0.05, 0) is 83.1 Å². The number of carbonyl (C=O) groups excluding carboxylic acids is 3. The lowest BCUT2D eigenvalue weighted by Gasteiger charge is -2.50. The first kappa shape index (κ1) is 43.8. The summed E-state index contributed by atoms with van der Waals surface area (Å²) in [5, 5.41) is 14.1. The standard InChI is InChI=1S/C40H51F3N6O9S2/c1-23-8-5-6-9-26-19-39(26,35(52)47-60(55,56)37(4)12-13-37)46-32(50)30-18-28(58-27-10-14-44-29(17-27)33-45-20-25(3)59-33)21-48(30)34(51)31(24(2)16-23)49(36(53)54)38(40(41,42)43)11-7-15-57-22-38/h6,9-10,14,17,20,23-24,26,28,30-31H,5,7-8,11-13,15-16,18-19,21-22H2,1-4H3,(H,46,50)(H,47,52)(H,53,54)/t23-,24-,26-,28-,30+,31+,38?,39-/m1/s1. The first-order valence-electron chi connectivity index (χ1n) is 20.3. The van der Waals surface area contributed by atoms with Crippen molar-refractivity contribution in [2.24, 2.45) is 17.8 Å². The molecular weight excluding hydrogens is 830 g/mol. The number of carbonyl (C=O) groups is 4. The van der Waals surface area contributed by atoms with Crippen molar-refractivity contribution in [1.29, 1.82) is 0 Å². The largest absolute Gasteiger partial charge is 0.488 e. The smallest absolute Gasteiger partial charge is 0.414 e. The summed E-state index contributed by atoms with van der Waals surface area (Å²) in [5.41, 5.74) is -4.28. The Hall–Kier alpha value is -4.30. The Morgan fingerprint density at radius 3 is 2.55 bits per heavy atom. The average Bonchev–Trinajstić information content (AvgIpc) is 3.98. The maximum Gasteiger partial charge on any atom is 0.414 e. The van der Waals surface area contributed by atoms with Gasteiger partial charge in [-0.15, -0.1) is 11.3 Å². The predicted octanol–water partition coefficient (Wildman–Crippen LogP) is 5.21. The molecule has 0 spiro atoms. The van der Waals surface area contributed by atoms with Crippen LogP contribution in [0.5, 0.6) is 5.75 Å². The van der Waals surface area contributed by atoms with Crippen molar-refractivity contribution in [2.45, 2.75) is 126 Å². The van der Waals surface area contributed by atoms with Crippen LogP contribution in [0, 0.1) is 24.7 Å². The highest BCUT2D eigenvalue weighted by Crippen LogP contribution is 2.48. The molecule has 3 aliphatic heterocycles. The number of nitrogens with one attached hydrogen (secondary N) is 2. The van der Waals surface area contributed by atoms with E-state index in [4.69, 9.17) is 9.47 Å². The summed E-state index contributed by atoms with van der Waals surface area (Å²) in [6, 6.07) is -0.182. The zero-order valence-corrected chi connectivity index (χ0v) is 35.5. The summed E-state index contributed by atoms with van der Waals surface area (Å²) in [7, 11) is -4.12. The van der Waals surface area contributed by atoms with Gasteiger partial charge >= 0.3 is 12.3 Å². The van der Waals surface area contributed by atoms with Crippen molar-refractivity contribution in [3.05, 3.63) is 41.6 Å². The molecule has 0 aromatic carbocycles. The number of aryl methyl sites for hydroxylation is 1. The third kappa shape index (κ3) is 8.34. The van der Waals surface area contributed by atoms with Crippen LogP contribution < -0.4 is 14.8 Å². The van der Waals surface area contributed by atoms with Crippen LogP contribution in [0.2, 0.25) is 0 Å². The van der Waals surface area contributed by atoms with Gasteiger partial charge in [0.25, 0.3) is 5.91 Å². The molecule has 15 nitrogen and oxygen atoms in total. The number of halogens is 3. The Morgan fingerprint density at radius 2 is 1.92 bits per heavy atom. The van der Waals surface area contributed by atoms with Crippen molar-refractivity contribution in [1.82, 2.24) is 29.8 Å². The Labute approximate surface area is 350 Å². The zero-order chi connectivity index (χ0) is 43.4. The molecular formula is C40H51F3N6O9S2. The molecule has 4 fully saturated rings. The second kappa shape index (κ2) is 16.2. The lowest BCUT2D eigenvalue weighted by atomic mass is 9.82. The summed E-state index contributed by atoms with van der Waals surface area (Å²) in [6.07, 6.45) is -0.337. The van der Waals surface area contributed by atoms with Crippen LogP contribution in [0.1, 0.15) is 83.4 Å². The number of thiazole rings is 1. The highest BCUT2D eigenvalue weighted by molar-refractivity contribution is 7.91. The fourth-order valence-corrected chi connectivity index (χ4v) is 11.0. The van der Waals surface area contributed by atoms with Gasteiger partial charge < -0.3 is 24.8 Å². The topological polar surface area (TPSA) is 197 Å². The van der Waals surface area contributed by atoms with E-state index in [1.165, 1.54) is 24.5 Å². The van der Waals surface area contributed by atoms with Crippen LogP contribution in [0.15, 0.2) is 36.7 Å². The van der Waals surface area contributed by atoms with E-state index in [1.54, 1.807) is 31.3 Å². The second-order valence-corrected chi connectivity index (χ2v) is 20.8. The van der Waals surface area contributed by atoms with Crippen molar-refractivity contribution in [3.63, 3.8) is 0 Å². The molecule has 2 aromatic rings. The first-order valence-corrected chi connectivity index (χ1v) is 22.6. The number of amides is 4. The van der Waals surface area contributed by atoms with E-state index in [2.05, 4.69) is 20.0 Å². The molecule has 60 heavy (non-hydrogen) atoms. The molecule has 0 bridgehead atoms. The second-order valence-electron chi connectivity index (χ2n) is 17.4. The van der Waals surface area contributed by atoms with Gasteiger partial charge in [0.05, 0.1) is 17.9 Å². The Kier molecular flexibility index (Phi) is 11.8. The van der Waals surface area contributed by atoms with E-state index in [9.17, 15) is 27.9 Å². The van der Waals surface area contributed by atoms with Gasteiger partial charge in [-0.2, -0.15) is 13.2 Å². The third-order valence-electron chi connectivity index (χ3n) is 12.8. The van der Waals surface area contributed by atoms with E-state index in [0.717, 1.165) is 9.78 Å². The summed E-state index contributed by atoms with van der Waals surface area (Å²) in [6.45, 7) is 5.45. The number of carboxylic acid groups (broad SMARTS) is 1. The summed E-state index contributed by atoms with van der Waals surface area (Å²) >= 11 is 1.41. The molecule has 2 aliphatic carbocycles. The predicted molar refractivity (Wildman–Crippen MR) is 212 cm³/mol. The molecule has 5 heterocycles. The van der Waals surface area contributed by atoms with Crippen molar-refractivity contribution < 1.29 is 55.3 Å². The lowest BCUT2D eigenvalue weighted by Crippen LogP contribution is -2.71. The molecule has 20 heteroatoms. The van der Waals surface area contributed by atoms with Gasteiger partial charge in [0.1, 0.15) is 40.2 Å². The van der Waals surface area contributed by atoms with Gasteiger partial charge in [0, 0.05) is 42.3 Å². The number of hydrogen-bond acceptors (Lipinski definition) is 11. The fourth-order valence-electron chi connectivity index (χ4n) is 8.91. The molecule has 2 saturated carbocycles. The highest BCUT2D eigenvalue weighted by atomic mass is 32.2. The normalized spacial score (nSPS) is 32.1. The summed E-state index contributed by atoms with van der Waals surface area (Å²) in [4.78, 5) is 68.1. The van der Waals surface area contributed by atoms with Crippen molar-refractivity contribution in [2.75, 3.05) is 19.8 Å². The minimum atomic E-state index is -5.14. The van der Waals surface area contributed by atoms with Crippen LogP contribution in [0.3, 0.4) is 0 Å². The molecule has 2 saturated heterocycles. The van der Waals surface area contributed by atoms with E-state index in [0.29, 0.717) is 42.1 Å². The number of pyridine rings is 1. The highest BCUT2D eigenvalue weighted by Gasteiger charge is 2.66. The molecule has 8 atom stereocenters. The maximum atomic E-state index is 15.3. The van der Waals surface area contributed by atoms with Gasteiger partial charge in [0.2, 0.25) is 21.8 Å². The van der Waals surface area contributed by atoms with Crippen LogP contribution in [0.4, 0.5) is 18.0 Å². The summed E-state index contributed by atoms with van der Waals surface area (Å²) in [5.74, 6) is -4.30. The lowest BCUT2D eigenvalue weighted by molar-refractivity contribution is -0.260. The molecule has 0 radical (unpaired) electrons. The van der Waals surface area contributed by atoms with E-state index in [-0.39, 0.29) is 49.7 Å². The minimum Gasteiger partial charge on any atom is -0.488 e. The van der Waals surface area contributed by atoms with Gasteiger partial charge in [-0.25, -0.2) is 18.2 Å². The number of fused-ring (bicyclic) bond motifs is 2. The number of hydrogen-bond donors (Lipinski definition) is 3. The number of rotatable bonds is 8. The average molecular weight is 881 g/mol. The van der Waals surface area contributed by atoms with Crippen molar-refractivity contribution >= 4 is 45.2 Å². The molecule has 328 valence electrons. The van der Waals surface area contributed by atoms with E-state index < -0.39 is 98.9 Å². The Morgan fingerprint density at radius 1 is 1.17 bits per heavy atom. The maximum absolute atomic E-state index is 15.3. The summed E-state index contributed by atoms with van der Waals surface area (Å²) < 4.78 is 85.2. The zero-order valence-electron chi connectivity index (χ0n) is 33.9. The van der Waals surface area contributed by atoms with Crippen LogP contribution in [-0.2, 0) is 29.1 Å². The molecule has 3 N–H and O–H groups in total. The Balaban J connectivity index is 1.28. The molecule has 7 rings (SSSR count). The molecule has 5 aliphatic rings. The van der Waals surface area contributed by atoms with Gasteiger partial charge in [0.15, 0.2) is 5.54 Å². The number of alkyl halides is 3. The third-order valence-corrected chi connectivity index (χ3v) is 15.9. The number of ether oxygens (including phenoxy) is 2. The van der Waals surface area contributed by atoms with Crippen molar-refractivity contribution in [3.8, 4) is 16.5 Å². The van der Waals surface area contributed by atoms with E-state index in [1.807, 2.05) is 19.9 Å². The van der Waals surface area contributed by atoms with Gasteiger partial charge in [-0.3, -0.25) is 29.0 Å².